The van der Waals surface area contributed by atoms with Crippen LogP contribution in [-0.4, -0.2) is 0 Å². The number of nitrogens with zero attached hydrogens (tertiary/aromatic N) is 1. The molecule has 90 valence electrons. The fourth-order valence-electron chi connectivity index (χ4n) is 1.47. The second kappa shape index (κ2) is 5.44. The summed E-state index contributed by atoms with van der Waals surface area (Å²) in [5, 5.41) is 9.22. The summed E-state index contributed by atoms with van der Waals surface area (Å²) in [7, 11) is 0. The van der Waals surface area contributed by atoms with Crippen molar-refractivity contribution in [2.24, 2.45) is 0 Å². The highest BCUT2D eigenvalue weighted by molar-refractivity contribution is 6.32. The molecule has 0 unspecified atom stereocenters. The van der Waals surface area contributed by atoms with Gasteiger partial charge in [0.25, 0.3) is 0 Å². The van der Waals surface area contributed by atoms with Crippen molar-refractivity contribution in [1.82, 2.24) is 0 Å². The molecule has 2 rings (SSSR count). The Bertz CT molecular complexity index is 588. The summed E-state index contributed by atoms with van der Waals surface area (Å²) in [6, 6.07) is 14.4. The predicted octanol–water partition coefficient (Wildman–Crippen LogP) is 3.37. The molecule has 0 aromatic heterocycles. The first-order valence-electron chi connectivity index (χ1n) is 5.36. The SMILES string of the molecule is N#Cc1ccc(COc2cc(N)ccc2Cl)cc1. The lowest BCUT2D eigenvalue weighted by Crippen LogP contribution is -1.97. The molecular formula is C14H11ClN2O. The van der Waals surface area contributed by atoms with Crippen LogP contribution >= 0.6 is 11.6 Å². The van der Waals surface area contributed by atoms with Crippen LogP contribution in [-0.2, 0) is 6.61 Å². The van der Waals surface area contributed by atoms with Gasteiger partial charge in [-0.15, -0.1) is 0 Å². The Morgan fingerprint density at radius 3 is 2.56 bits per heavy atom. The van der Waals surface area contributed by atoms with Crippen LogP contribution in [0.4, 0.5) is 5.69 Å². The monoisotopic (exact) mass is 258 g/mol. The number of nitrogens with two attached hydrogens (primary N) is 1. The van der Waals surface area contributed by atoms with E-state index in [1.807, 2.05) is 12.1 Å². The van der Waals surface area contributed by atoms with E-state index in [1.54, 1.807) is 30.3 Å². The lowest BCUT2D eigenvalue weighted by Gasteiger charge is -2.08. The number of hydrogen-bond donors (Lipinski definition) is 1. The summed E-state index contributed by atoms with van der Waals surface area (Å²) < 4.78 is 5.58. The number of rotatable bonds is 3. The van der Waals surface area contributed by atoms with Gasteiger partial charge in [-0.2, -0.15) is 5.26 Å². The van der Waals surface area contributed by atoms with E-state index in [4.69, 9.17) is 27.3 Å². The second-order valence-corrected chi connectivity index (χ2v) is 4.19. The Labute approximate surface area is 110 Å². The third-order valence-corrected chi connectivity index (χ3v) is 2.74. The first kappa shape index (κ1) is 12.3. The number of ether oxygens (including phenoxy) is 1. The first-order valence-corrected chi connectivity index (χ1v) is 5.73. The molecule has 0 aliphatic rings. The predicted molar refractivity (Wildman–Crippen MR) is 71.4 cm³/mol. The van der Waals surface area contributed by atoms with E-state index in [-0.39, 0.29) is 0 Å². The smallest absolute Gasteiger partial charge is 0.140 e. The van der Waals surface area contributed by atoms with Crippen LogP contribution in [0.2, 0.25) is 5.02 Å². The van der Waals surface area contributed by atoms with Gasteiger partial charge in [-0.1, -0.05) is 23.7 Å². The van der Waals surface area contributed by atoms with E-state index >= 15 is 0 Å². The van der Waals surface area contributed by atoms with Crippen LogP contribution in [0.1, 0.15) is 11.1 Å². The number of nitrogen functional groups attached to an aromatic ring is 1. The average molecular weight is 259 g/mol. The zero-order valence-electron chi connectivity index (χ0n) is 9.56. The summed E-state index contributed by atoms with van der Waals surface area (Å²) in [4.78, 5) is 0. The lowest BCUT2D eigenvalue weighted by molar-refractivity contribution is 0.306. The van der Waals surface area contributed by atoms with E-state index in [0.29, 0.717) is 28.6 Å². The minimum Gasteiger partial charge on any atom is -0.487 e. The summed E-state index contributed by atoms with van der Waals surface area (Å²) >= 11 is 5.99. The van der Waals surface area contributed by atoms with Crippen LogP contribution in [0.3, 0.4) is 0 Å². The summed E-state index contributed by atoms with van der Waals surface area (Å²) in [5.74, 6) is 0.557. The summed E-state index contributed by atoms with van der Waals surface area (Å²) in [5.41, 5.74) is 7.86. The highest BCUT2D eigenvalue weighted by Crippen LogP contribution is 2.27. The molecule has 0 aliphatic heterocycles. The molecule has 0 radical (unpaired) electrons. The highest BCUT2D eigenvalue weighted by atomic mass is 35.5. The van der Waals surface area contributed by atoms with Gasteiger partial charge >= 0.3 is 0 Å². The van der Waals surface area contributed by atoms with E-state index in [1.165, 1.54) is 0 Å². The van der Waals surface area contributed by atoms with Crippen LogP contribution in [0.5, 0.6) is 5.75 Å². The fraction of sp³-hybridized carbons (Fsp3) is 0.0714. The Morgan fingerprint density at radius 2 is 1.89 bits per heavy atom. The molecule has 0 atom stereocenters. The first-order chi connectivity index (χ1) is 8.69. The molecule has 0 aliphatic carbocycles. The zero-order chi connectivity index (χ0) is 13.0. The van der Waals surface area contributed by atoms with Gasteiger partial charge in [0, 0.05) is 11.8 Å². The van der Waals surface area contributed by atoms with Crippen molar-refractivity contribution in [3.05, 3.63) is 58.6 Å². The maximum absolute atomic E-state index is 8.69. The van der Waals surface area contributed by atoms with Gasteiger partial charge in [0.2, 0.25) is 0 Å². The van der Waals surface area contributed by atoms with E-state index in [9.17, 15) is 0 Å². The van der Waals surface area contributed by atoms with Gasteiger partial charge in [-0.3, -0.25) is 0 Å². The fourth-order valence-corrected chi connectivity index (χ4v) is 1.64. The van der Waals surface area contributed by atoms with Gasteiger partial charge < -0.3 is 10.5 Å². The molecule has 0 fully saturated rings. The molecule has 0 spiro atoms. The summed E-state index contributed by atoms with van der Waals surface area (Å²) in [6.07, 6.45) is 0. The molecule has 0 amide bonds. The molecule has 0 heterocycles. The molecule has 0 bridgehead atoms. The largest absolute Gasteiger partial charge is 0.487 e. The van der Waals surface area contributed by atoms with Crippen LogP contribution in [0.15, 0.2) is 42.5 Å². The average Bonchev–Trinajstić information content (AvgIpc) is 2.40. The van der Waals surface area contributed by atoms with Crippen molar-refractivity contribution in [3.8, 4) is 11.8 Å². The Morgan fingerprint density at radius 1 is 1.17 bits per heavy atom. The number of halogens is 1. The topological polar surface area (TPSA) is 59.0 Å². The number of hydrogen-bond acceptors (Lipinski definition) is 3. The van der Waals surface area contributed by atoms with Crippen LogP contribution < -0.4 is 10.5 Å². The normalized spacial score (nSPS) is 9.78. The van der Waals surface area contributed by atoms with Gasteiger partial charge in [0.15, 0.2) is 0 Å². The number of benzene rings is 2. The molecule has 0 saturated heterocycles. The van der Waals surface area contributed by atoms with Gasteiger partial charge in [0.05, 0.1) is 16.7 Å². The maximum atomic E-state index is 8.69. The van der Waals surface area contributed by atoms with Crippen LogP contribution in [0.25, 0.3) is 0 Å². The van der Waals surface area contributed by atoms with Crippen molar-refractivity contribution in [2.75, 3.05) is 5.73 Å². The van der Waals surface area contributed by atoms with E-state index < -0.39 is 0 Å². The molecule has 2 N–H and O–H groups in total. The maximum Gasteiger partial charge on any atom is 0.140 e. The Balaban J connectivity index is 2.07. The lowest BCUT2D eigenvalue weighted by atomic mass is 10.1. The molecule has 2 aromatic rings. The quantitative estimate of drug-likeness (QED) is 0.859. The second-order valence-electron chi connectivity index (χ2n) is 3.79. The van der Waals surface area contributed by atoms with Crippen molar-refractivity contribution in [3.63, 3.8) is 0 Å². The molecule has 2 aromatic carbocycles. The highest BCUT2D eigenvalue weighted by Gasteiger charge is 2.02. The molecule has 3 nitrogen and oxygen atoms in total. The molecule has 18 heavy (non-hydrogen) atoms. The Hall–Kier alpha value is -2.18. The zero-order valence-corrected chi connectivity index (χ0v) is 10.3. The Kier molecular flexibility index (Phi) is 3.71. The third kappa shape index (κ3) is 2.93. The molecule has 0 saturated carbocycles. The van der Waals surface area contributed by atoms with Crippen molar-refractivity contribution in [1.29, 1.82) is 5.26 Å². The number of anilines is 1. The number of nitriles is 1. The minimum atomic E-state index is 0.384. The van der Waals surface area contributed by atoms with Gasteiger partial charge in [0.1, 0.15) is 12.4 Å². The minimum absolute atomic E-state index is 0.384. The van der Waals surface area contributed by atoms with Crippen molar-refractivity contribution < 1.29 is 4.74 Å². The standard InChI is InChI=1S/C14H11ClN2O/c15-13-6-5-12(17)7-14(13)18-9-11-3-1-10(8-16)2-4-11/h1-7H,9,17H2. The summed E-state index contributed by atoms with van der Waals surface area (Å²) in [6.45, 7) is 0.384. The molecular weight excluding hydrogens is 248 g/mol. The van der Waals surface area contributed by atoms with Crippen LogP contribution in [0, 0.1) is 11.3 Å². The van der Waals surface area contributed by atoms with Gasteiger partial charge in [-0.05, 0) is 29.8 Å². The van der Waals surface area contributed by atoms with Gasteiger partial charge in [-0.25, -0.2) is 0 Å². The molecule has 4 heteroatoms. The van der Waals surface area contributed by atoms with E-state index in [2.05, 4.69) is 6.07 Å². The van der Waals surface area contributed by atoms with Crippen molar-refractivity contribution in [2.45, 2.75) is 6.61 Å². The van der Waals surface area contributed by atoms with Crippen molar-refractivity contribution >= 4 is 17.3 Å². The van der Waals surface area contributed by atoms with E-state index in [0.717, 1.165) is 5.56 Å². The third-order valence-electron chi connectivity index (χ3n) is 2.43.